The van der Waals surface area contributed by atoms with Crippen molar-refractivity contribution in [1.82, 2.24) is 9.80 Å². The van der Waals surface area contributed by atoms with Gasteiger partial charge in [-0.3, -0.25) is 4.90 Å². The maximum absolute atomic E-state index is 12.7. The van der Waals surface area contributed by atoms with Gasteiger partial charge < -0.3 is 4.90 Å². The van der Waals surface area contributed by atoms with Crippen LogP contribution in [0.15, 0.2) is 0 Å². The van der Waals surface area contributed by atoms with Gasteiger partial charge in [0, 0.05) is 25.7 Å². The van der Waals surface area contributed by atoms with Crippen LogP contribution < -0.4 is 0 Å². The molecular formula is C10H21FN2. The molecule has 1 unspecified atom stereocenters. The van der Waals surface area contributed by atoms with E-state index in [1.165, 1.54) is 0 Å². The maximum Gasteiger partial charge on any atom is 0.106 e. The van der Waals surface area contributed by atoms with Gasteiger partial charge in [-0.05, 0) is 20.4 Å². The van der Waals surface area contributed by atoms with Crippen molar-refractivity contribution in [2.45, 2.75) is 32.9 Å². The van der Waals surface area contributed by atoms with Gasteiger partial charge in [-0.25, -0.2) is 4.39 Å². The smallest absolute Gasteiger partial charge is 0.106 e. The number of hydrogen-bond acceptors (Lipinski definition) is 2. The van der Waals surface area contributed by atoms with E-state index in [1.807, 2.05) is 0 Å². The average molecular weight is 188 g/mol. The highest BCUT2D eigenvalue weighted by Crippen LogP contribution is 2.13. The number of piperazine rings is 1. The first-order chi connectivity index (χ1) is 6.19. The van der Waals surface area contributed by atoms with E-state index in [2.05, 4.69) is 30.6 Å². The first-order valence-electron chi connectivity index (χ1n) is 5.23. The van der Waals surface area contributed by atoms with Crippen molar-refractivity contribution in [3.05, 3.63) is 0 Å². The summed E-state index contributed by atoms with van der Waals surface area (Å²) in [5.74, 6) is 0. The first-order valence-corrected chi connectivity index (χ1v) is 5.23. The van der Waals surface area contributed by atoms with Crippen LogP contribution in [-0.4, -0.2) is 54.7 Å². The van der Waals surface area contributed by atoms with Crippen molar-refractivity contribution in [3.8, 4) is 0 Å². The summed E-state index contributed by atoms with van der Waals surface area (Å²) in [6.07, 6.45) is 0. The summed E-state index contributed by atoms with van der Waals surface area (Å²) in [6.45, 7) is 10.3. The molecule has 0 N–H and O–H groups in total. The third-order valence-corrected chi connectivity index (χ3v) is 2.90. The van der Waals surface area contributed by atoms with E-state index in [-0.39, 0.29) is 12.7 Å². The molecule has 0 aromatic heterocycles. The minimum atomic E-state index is -0.214. The van der Waals surface area contributed by atoms with Gasteiger partial charge in [-0.15, -0.1) is 0 Å². The lowest BCUT2D eigenvalue weighted by molar-refractivity contribution is 0.0411. The second-order valence-corrected chi connectivity index (χ2v) is 4.03. The molecule has 1 heterocycles. The zero-order valence-electron chi connectivity index (χ0n) is 8.96. The molecule has 0 spiro atoms. The molecule has 13 heavy (non-hydrogen) atoms. The molecule has 0 amide bonds. The van der Waals surface area contributed by atoms with Gasteiger partial charge in [0.2, 0.25) is 0 Å². The lowest BCUT2D eigenvalue weighted by Crippen LogP contribution is -2.56. The lowest BCUT2D eigenvalue weighted by Gasteiger charge is -2.42. The molecule has 78 valence electrons. The van der Waals surface area contributed by atoms with Crippen LogP contribution in [-0.2, 0) is 0 Å². The molecule has 1 aliphatic rings. The van der Waals surface area contributed by atoms with E-state index >= 15 is 0 Å². The molecule has 0 aromatic carbocycles. The number of hydrogen-bond donors (Lipinski definition) is 0. The standard InChI is InChI=1S/C10H21FN2/c1-4-12-5-6-13(9(2)3)10(7-11)8-12/h9-10H,4-8H2,1-3H3. The fourth-order valence-electron chi connectivity index (χ4n) is 2.04. The lowest BCUT2D eigenvalue weighted by atomic mass is 10.1. The van der Waals surface area contributed by atoms with E-state index in [4.69, 9.17) is 0 Å². The molecule has 0 radical (unpaired) electrons. The van der Waals surface area contributed by atoms with Crippen LogP contribution >= 0.6 is 0 Å². The largest absolute Gasteiger partial charge is 0.301 e. The summed E-state index contributed by atoms with van der Waals surface area (Å²) >= 11 is 0. The second kappa shape index (κ2) is 4.91. The molecule has 0 bridgehead atoms. The van der Waals surface area contributed by atoms with Gasteiger partial charge in [0.1, 0.15) is 6.67 Å². The SMILES string of the molecule is CCN1CCN(C(C)C)C(CF)C1. The highest BCUT2D eigenvalue weighted by Gasteiger charge is 2.27. The van der Waals surface area contributed by atoms with Gasteiger partial charge in [-0.2, -0.15) is 0 Å². The number of halogens is 1. The monoisotopic (exact) mass is 188 g/mol. The molecular weight excluding hydrogens is 167 g/mol. The molecule has 3 heteroatoms. The summed E-state index contributed by atoms with van der Waals surface area (Å²) in [7, 11) is 0. The molecule has 1 saturated heterocycles. The first kappa shape index (κ1) is 10.9. The zero-order valence-corrected chi connectivity index (χ0v) is 8.96. The summed E-state index contributed by atoms with van der Waals surface area (Å²) in [5.41, 5.74) is 0. The molecule has 2 nitrogen and oxygen atoms in total. The third-order valence-electron chi connectivity index (χ3n) is 2.90. The van der Waals surface area contributed by atoms with E-state index in [0.717, 1.165) is 26.2 Å². The van der Waals surface area contributed by atoms with E-state index in [0.29, 0.717) is 6.04 Å². The Kier molecular flexibility index (Phi) is 4.13. The van der Waals surface area contributed by atoms with Crippen LogP contribution in [0.25, 0.3) is 0 Å². The summed E-state index contributed by atoms with van der Waals surface area (Å²) < 4.78 is 12.7. The Hall–Kier alpha value is -0.150. The van der Waals surface area contributed by atoms with Crippen molar-refractivity contribution in [2.75, 3.05) is 32.9 Å². The van der Waals surface area contributed by atoms with E-state index in [1.54, 1.807) is 0 Å². The Morgan fingerprint density at radius 3 is 2.54 bits per heavy atom. The van der Waals surface area contributed by atoms with Crippen LogP contribution in [0.1, 0.15) is 20.8 Å². The average Bonchev–Trinajstić information content (AvgIpc) is 2.16. The molecule has 1 atom stereocenters. The Balaban J connectivity index is 2.50. The predicted octanol–water partition coefficient (Wildman–Crippen LogP) is 1.37. The van der Waals surface area contributed by atoms with Gasteiger partial charge in [0.25, 0.3) is 0 Å². The zero-order chi connectivity index (χ0) is 9.84. The van der Waals surface area contributed by atoms with Crippen molar-refractivity contribution >= 4 is 0 Å². The molecule has 0 aromatic rings. The Morgan fingerprint density at radius 2 is 2.08 bits per heavy atom. The van der Waals surface area contributed by atoms with Crippen LogP contribution in [0.2, 0.25) is 0 Å². The fraction of sp³-hybridized carbons (Fsp3) is 1.00. The third kappa shape index (κ3) is 2.64. The molecule has 1 fully saturated rings. The van der Waals surface area contributed by atoms with Gasteiger partial charge in [0.15, 0.2) is 0 Å². The van der Waals surface area contributed by atoms with Crippen LogP contribution in [0.4, 0.5) is 4.39 Å². The second-order valence-electron chi connectivity index (χ2n) is 4.03. The Bertz CT molecular complexity index is 150. The number of nitrogens with zero attached hydrogens (tertiary/aromatic N) is 2. The van der Waals surface area contributed by atoms with Crippen molar-refractivity contribution in [3.63, 3.8) is 0 Å². The molecule has 0 saturated carbocycles. The summed E-state index contributed by atoms with van der Waals surface area (Å²) in [4.78, 5) is 4.59. The highest BCUT2D eigenvalue weighted by atomic mass is 19.1. The molecule has 0 aliphatic carbocycles. The van der Waals surface area contributed by atoms with Crippen LogP contribution in [0, 0.1) is 0 Å². The Labute approximate surface area is 80.7 Å². The quantitative estimate of drug-likeness (QED) is 0.660. The van der Waals surface area contributed by atoms with E-state index < -0.39 is 0 Å². The maximum atomic E-state index is 12.7. The number of rotatable bonds is 3. The topological polar surface area (TPSA) is 6.48 Å². The Morgan fingerprint density at radius 1 is 1.38 bits per heavy atom. The van der Waals surface area contributed by atoms with E-state index in [9.17, 15) is 4.39 Å². The van der Waals surface area contributed by atoms with Crippen molar-refractivity contribution in [1.29, 1.82) is 0 Å². The summed E-state index contributed by atoms with van der Waals surface area (Å²) in [6, 6.07) is 0.591. The normalized spacial score (nSPS) is 27.0. The molecule has 1 rings (SSSR count). The predicted molar refractivity (Wildman–Crippen MR) is 53.7 cm³/mol. The van der Waals surface area contributed by atoms with Gasteiger partial charge in [-0.1, -0.05) is 6.92 Å². The highest BCUT2D eigenvalue weighted by molar-refractivity contribution is 4.83. The number of alkyl halides is 1. The minimum absolute atomic E-state index is 0.119. The van der Waals surface area contributed by atoms with Gasteiger partial charge >= 0.3 is 0 Å². The van der Waals surface area contributed by atoms with Crippen molar-refractivity contribution < 1.29 is 4.39 Å². The minimum Gasteiger partial charge on any atom is -0.301 e. The van der Waals surface area contributed by atoms with Crippen molar-refractivity contribution in [2.24, 2.45) is 0 Å². The van der Waals surface area contributed by atoms with Gasteiger partial charge in [0.05, 0.1) is 6.04 Å². The van der Waals surface area contributed by atoms with Crippen LogP contribution in [0.5, 0.6) is 0 Å². The van der Waals surface area contributed by atoms with Crippen LogP contribution in [0.3, 0.4) is 0 Å². The number of likely N-dealkylation sites (N-methyl/N-ethyl adjacent to an activating group) is 1. The summed E-state index contributed by atoms with van der Waals surface area (Å²) in [5, 5.41) is 0. The molecule has 1 aliphatic heterocycles. The fourth-order valence-corrected chi connectivity index (χ4v) is 2.04.